The third-order valence-electron chi connectivity index (χ3n) is 3.34. The monoisotopic (exact) mass is 334 g/mol. The Bertz CT molecular complexity index is 411. The van der Waals surface area contributed by atoms with Crippen molar-refractivity contribution in [2.75, 3.05) is 6.61 Å². The molecule has 1 rings (SSSR count). The Hall–Kier alpha value is -1.52. The predicted molar refractivity (Wildman–Crippen MR) is 74.6 cm³/mol. The van der Waals surface area contributed by atoms with Gasteiger partial charge in [-0.15, -0.1) is 0 Å². The van der Waals surface area contributed by atoms with Crippen LogP contribution < -0.4 is 0 Å². The molecule has 0 radical (unpaired) electrons. The van der Waals surface area contributed by atoms with E-state index in [0.29, 0.717) is 12.8 Å². The first-order chi connectivity index (χ1) is 10.9. The van der Waals surface area contributed by atoms with E-state index in [0.717, 1.165) is 6.26 Å². The standard InChI is InChI=1S/C14H22O9/c1-2-21-9(16)5-3-4-6-10(17)23-13-12(19)11(18)8(7-15)22-14(13)20/h2,8,11-15,18-20H,1,3-7H2/t8-,11+,12+,13-,14?/m1/s1. The molecular weight excluding hydrogens is 312 g/mol. The third-order valence-corrected chi connectivity index (χ3v) is 3.34. The van der Waals surface area contributed by atoms with E-state index in [1.807, 2.05) is 0 Å². The molecule has 0 amide bonds. The van der Waals surface area contributed by atoms with Crippen molar-refractivity contribution in [1.29, 1.82) is 0 Å². The normalized spacial score (nSPS) is 30.5. The van der Waals surface area contributed by atoms with Crippen LogP contribution in [0.1, 0.15) is 25.7 Å². The molecular formula is C14H22O9. The van der Waals surface area contributed by atoms with Crippen molar-refractivity contribution >= 4 is 11.9 Å². The number of hydrogen-bond acceptors (Lipinski definition) is 9. The van der Waals surface area contributed by atoms with Gasteiger partial charge in [-0.2, -0.15) is 0 Å². The van der Waals surface area contributed by atoms with E-state index in [1.165, 1.54) is 0 Å². The van der Waals surface area contributed by atoms with Gasteiger partial charge in [0.2, 0.25) is 0 Å². The molecule has 1 aliphatic heterocycles. The van der Waals surface area contributed by atoms with Gasteiger partial charge in [0.05, 0.1) is 12.9 Å². The van der Waals surface area contributed by atoms with Gasteiger partial charge in [0.1, 0.15) is 18.3 Å². The fourth-order valence-corrected chi connectivity index (χ4v) is 2.10. The lowest BCUT2D eigenvalue weighted by atomic mass is 9.99. The first-order valence-electron chi connectivity index (χ1n) is 7.21. The fraction of sp³-hybridized carbons (Fsp3) is 0.714. The van der Waals surface area contributed by atoms with Gasteiger partial charge in [-0.3, -0.25) is 9.59 Å². The van der Waals surface area contributed by atoms with E-state index < -0.39 is 49.3 Å². The van der Waals surface area contributed by atoms with E-state index in [-0.39, 0.29) is 12.8 Å². The Morgan fingerprint density at radius 1 is 1.09 bits per heavy atom. The number of esters is 2. The van der Waals surface area contributed by atoms with Gasteiger partial charge in [-0.05, 0) is 12.8 Å². The Labute approximate surface area is 133 Å². The molecule has 0 spiro atoms. The van der Waals surface area contributed by atoms with Crippen LogP contribution >= 0.6 is 0 Å². The van der Waals surface area contributed by atoms with E-state index in [1.54, 1.807) is 0 Å². The minimum Gasteiger partial charge on any atom is -0.454 e. The average molecular weight is 334 g/mol. The van der Waals surface area contributed by atoms with Crippen molar-refractivity contribution in [2.24, 2.45) is 0 Å². The SMILES string of the molecule is C=COC(=O)CCCCC(=O)O[C@H]1C(O)O[C@H](CO)[C@H](O)[C@@H]1O. The molecule has 0 aliphatic carbocycles. The molecule has 1 saturated heterocycles. The number of hydrogen-bond donors (Lipinski definition) is 4. The zero-order valence-corrected chi connectivity index (χ0v) is 12.5. The molecule has 1 aliphatic rings. The summed E-state index contributed by atoms with van der Waals surface area (Å²) >= 11 is 0. The molecule has 9 nitrogen and oxygen atoms in total. The zero-order chi connectivity index (χ0) is 17.4. The largest absolute Gasteiger partial charge is 0.454 e. The number of aliphatic hydroxyl groups is 4. The number of unbranched alkanes of at least 4 members (excludes halogenated alkanes) is 1. The highest BCUT2D eigenvalue weighted by Crippen LogP contribution is 2.22. The summed E-state index contributed by atoms with van der Waals surface area (Å²) in [5.41, 5.74) is 0. The lowest BCUT2D eigenvalue weighted by Gasteiger charge is -2.39. The minimum absolute atomic E-state index is 0.0448. The Kier molecular flexibility index (Phi) is 8.13. The molecule has 1 unspecified atom stereocenters. The Balaban J connectivity index is 2.35. The summed E-state index contributed by atoms with van der Waals surface area (Å²) in [6.45, 7) is 2.64. The van der Waals surface area contributed by atoms with Crippen LogP contribution in [0.4, 0.5) is 0 Å². The van der Waals surface area contributed by atoms with E-state index in [2.05, 4.69) is 11.3 Å². The topological polar surface area (TPSA) is 143 Å². The molecule has 0 bridgehead atoms. The van der Waals surface area contributed by atoms with Gasteiger partial charge >= 0.3 is 11.9 Å². The molecule has 132 valence electrons. The van der Waals surface area contributed by atoms with E-state index in [9.17, 15) is 24.9 Å². The number of carbonyl (C=O) groups is 2. The molecule has 9 heteroatoms. The van der Waals surface area contributed by atoms with Crippen LogP contribution in [0.5, 0.6) is 0 Å². The van der Waals surface area contributed by atoms with Gasteiger partial charge in [0, 0.05) is 12.8 Å². The zero-order valence-electron chi connectivity index (χ0n) is 12.5. The van der Waals surface area contributed by atoms with E-state index >= 15 is 0 Å². The van der Waals surface area contributed by atoms with Gasteiger partial charge in [-0.25, -0.2) is 0 Å². The highest BCUT2D eigenvalue weighted by molar-refractivity contribution is 5.71. The van der Waals surface area contributed by atoms with Crippen molar-refractivity contribution in [1.82, 2.24) is 0 Å². The van der Waals surface area contributed by atoms with Crippen molar-refractivity contribution in [3.8, 4) is 0 Å². The second-order valence-corrected chi connectivity index (χ2v) is 5.05. The molecule has 1 heterocycles. The molecule has 0 saturated carbocycles. The van der Waals surface area contributed by atoms with Crippen LogP contribution in [0.2, 0.25) is 0 Å². The van der Waals surface area contributed by atoms with Crippen LogP contribution in [0.25, 0.3) is 0 Å². The molecule has 0 aromatic heterocycles. The second kappa shape index (κ2) is 9.58. The first kappa shape index (κ1) is 19.5. The smallest absolute Gasteiger partial charge is 0.310 e. The van der Waals surface area contributed by atoms with Gasteiger partial charge in [0.25, 0.3) is 0 Å². The van der Waals surface area contributed by atoms with Crippen molar-refractivity contribution in [2.45, 2.75) is 56.4 Å². The predicted octanol–water partition coefficient (Wildman–Crippen LogP) is -1.42. The molecule has 4 N–H and O–H groups in total. The summed E-state index contributed by atoms with van der Waals surface area (Å²) in [4.78, 5) is 22.7. The van der Waals surface area contributed by atoms with Crippen molar-refractivity contribution in [3.05, 3.63) is 12.8 Å². The number of aliphatic hydroxyl groups excluding tert-OH is 4. The second-order valence-electron chi connectivity index (χ2n) is 5.05. The van der Waals surface area contributed by atoms with Crippen LogP contribution in [0.15, 0.2) is 12.8 Å². The fourth-order valence-electron chi connectivity index (χ4n) is 2.10. The highest BCUT2D eigenvalue weighted by atomic mass is 16.7. The van der Waals surface area contributed by atoms with Crippen LogP contribution in [-0.4, -0.2) is 69.7 Å². The minimum atomic E-state index is -1.66. The number of rotatable bonds is 8. The van der Waals surface area contributed by atoms with E-state index in [4.69, 9.17) is 14.6 Å². The quantitative estimate of drug-likeness (QED) is 0.239. The van der Waals surface area contributed by atoms with Crippen LogP contribution in [0.3, 0.4) is 0 Å². The maximum absolute atomic E-state index is 11.7. The lowest BCUT2D eigenvalue weighted by molar-refractivity contribution is -0.290. The first-order valence-corrected chi connectivity index (χ1v) is 7.21. The summed E-state index contributed by atoms with van der Waals surface area (Å²) < 4.78 is 14.3. The highest BCUT2D eigenvalue weighted by Gasteiger charge is 2.45. The van der Waals surface area contributed by atoms with Crippen molar-refractivity contribution < 1.29 is 44.2 Å². The number of ether oxygens (including phenoxy) is 3. The number of carbonyl (C=O) groups excluding carboxylic acids is 2. The van der Waals surface area contributed by atoms with Crippen molar-refractivity contribution in [3.63, 3.8) is 0 Å². The molecule has 5 atom stereocenters. The van der Waals surface area contributed by atoms with Crippen LogP contribution in [-0.2, 0) is 23.8 Å². The van der Waals surface area contributed by atoms with Gasteiger partial charge in [-0.1, -0.05) is 6.58 Å². The molecule has 0 aromatic rings. The van der Waals surface area contributed by atoms with Crippen LogP contribution in [0, 0.1) is 0 Å². The summed E-state index contributed by atoms with van der Waals surface area (Å²) in [6.07, 6.45) is -5.51. The summed E-state index contributed by atoms with van der Waals surface area (Å²) in [6, 6.07) is 0. The summed E-state index contributed by atoms with van der Waals surface area (Å²) in [5, 5.41) is 38.1. The lowest BCUT2D eigenvalue weighted by Crippen LogP contribution is -2.59. The third kappa shape index (κ3) is 5.88. The maximum atomic E-state index is 11.7. The molecule has 23 heavy (non-hydrogen) atoms. The molecule has 1 fully saturated rings. The summed E-state index contributed by atoms with van der Waals surface area (Å²) in [7, 11) is 0. The van der Waals surface area contributed by atoms with Gasteiger partial charge in [0.15, 0.2) is 12.4 Å². The Morgan fingerprint density at radius 2 is 1.70 bits per heavy atom. The maximum Gasteiger partial charge on any atom is 0.310 e. The summed E-state index contributed by atoms with van der Waals surface area (Å²) in [5.74, 6) is -1.18. The molecule has 0 aromatic carbocycles. The van der Waals surface area contributed by atoms with Gasteiger partial charge < -0.3 is 34.6 Å². The Morgan fingerprint density at radius 3 is 2.26 bits per heavy atom. The average Bonchev–Trinajstić information content (AvgIpc) is 2.52.